The lowest BCUT2D eigenvalue weighted by molar-refractivity contribution is -0.942. The normalized spacial score (nSPS) is 25.9. The minimum Gasteiger partial charge on any atom is -0.477 e. The van der Waals surface area contributed by atoms with Crippen molar-refractivity contribution in [2.45, 2.75) is 74.9 Å². The lowest BCUT2D eigenvalue weighted by Gasteiger charge is -2.42. The standard InChI is InChI=1S/C41H49N3O11/c1-3-21-52-39(50)37-35(46)34(45)36(47)40(55-37)54-33-17-16-25(23-44(2)20-9-8-15-32(44)38(48)49)22-31(33)42-18-10-19-43-41(51)53-24-30-28-13-6-4-11-26(28)27-12-5-7-14-29(27)30/h3-7,11-14,16-17,22,30,32,34-37,40,42,45-47H,1,8-10,15,18-21,23-24H2,2H3,(H-,43,48,49,51)/p+1/t32-,34+,35+,36-,37+,40-,44?/m1/s1. The predicted octanol–water partition coefficient (Wildman–Crippen LogP) is 3.53. The van der Waals surface area contributed by atoms with E-state index in [9.17, 15) is 34.8 Å². The summed E-state index contributed by atoms with van der Waals surface area (Å²) in [6.45, 7) is 5.31. The van der Waals surface area contributed by atoms with E-state index >= 15 is 0 Å². The molecule has 0 saturated carbocycles. The van der Waals surface area contributed by atoms with Gasteiger partial charge in [0.15, 0.2) is 12.1 Å². The fourth-order valence-electron chi connectivity index (χ4n) is 7.83. The molecule has 2 heterocycles. The average Bonchev–Trinajstić information content (AvgIpc) is 3.50. The first-order chi connectivity index (χ1) is 26.5. The van der Waals surface area contributed by atoms with Crippen LogP contribution in [0.3, 0.4) is 0 Å². The number of esters is 1. The summed E-state index contributed by atoms with van der Waals surface area (Å²) in [4.78, 5) is 37.5. The van der Waals surface area contributed by atoms with E-state index in [0.29, 0.717) is 42.6 Å². The number of quaternary nitrogens is 1. The molecule has 1 aliphatic carbocycles. The smallest absolute Gasteiger partial charge is 0.407 e. The topological polar surface area (TPSA) is 193 Å². The Hall–Kier alpha value is -4.99. The number of carbonyl (C=O) groups excluding carboxylic acids is 2. The fourth-order valence-corrected chi connectivity index (χ4v) is 7.83. The Labute approximate surface area is 319 Å². The SMILES string of the molecule is C=CCOC(=O)[C@H]1O[C@@H](Oc2ccc(C[N+]3(C)CCCC[C@@H]3C(=O)O)cc2NCCCNC(=O)OCC2c3ccccc3-c3ccccc32)[C@H](O)[C@@H](O)[C@@H]1O. The number of carboxylic acid groups (broad SMARTS) is 1. The molecule has 1 amide bonds. The number of aliphatic carboxylic acids is 1. The van der Waals surface area contributed by atoms with Gasteiger partial charge in [0.1, 0.15) is 43.8 Å². The molecule has 0 radical (unpaired) electrons. The highest BCUT2D eigenvalue weighted by molar-refractivity contribution is 5.79. The van der Waals surface area contributed by atoms with Crippen LogP contribution in [-0.4, -0.2) is 120 Å². The van der Waals surface area contributed by atoms with Crippen LogP contribution in [-0.2, 0) is 30.3 Å². The molecule has 2 aliphatic heterocycles. The molecule has 0 spiro atoms. The Morgan fingerprint density at radius 2 is 1.64 bits per heavy atom. The predicted molar refractivity (Wildman–Crippen MR) is 201 cm³/mol. The maximum absolute atomic E-state index is 12.8. The molecule has 3 aromatic rings. The number of amides is 1. The van der Waals surface area contributed by atoms with E-state index in [4.69, 9.17) is 18.9 Å². The van der Waals surface area contributed by atoms with Crippen molar-refractivity contribution >= 4 is 23.7 Å². The number of benzene rings is 3. The van der Waals surface area contributed by atoms with E-state index in [2.05, 4.69) is 41.5 Å². The first-order valence-corrected chi connectivity index (χ1v) is 18.7. The number of likely N-dealkylation sites (tertiary alicyclic amines) is 1. The molecule has 6 rings (SSSR count). The van der Waals surface area contributed by atoms with Crippen LogP contribution in [0.2, 0.25) is 0 Å². The molecule has 3 aromatic carbocycles. The lowest BCUT2D eigenvalue weighted by Crippen LogP contribution is -2.61. The number of carboxylic acids is 1. The van der Waals surface area contributed by atoms with Crippen molar-refractivity contribution in [3.63, 3.8) is 0 Å². The quantitative estimate of drug-likeness (QED) is 0.0573. The second kappa shape index (κ2) is 17.6. The summed E-state index contributed by atoms with van der Waals surface area (Å²) in [7, 11) is 1.94. The van der Waals surface area contributed by atoms with Gasteiger partial charge in [0.05, 0.1) is 19.3 Å². The number of anilines is 1. The van der Waals surface area contributed by atoms with Gasteiger partial charge in [-0.1, -0.05) is 61.2 Å². The van der Waals surface area contributed by atoms with Crippen molar-refractivity contribution in [2.75, 3.05) is 45.2 Å². The fraction of sp³-hybridized carbons (Fsp3) is 0.439. The molecule has 0 bridgehead atoms. The second-order valence-corrected chi connectivity index (χ2v) is 14.5. The number of alkyl carbamates (subject to hydrolysis) is 1. The molecule has 294 valence electrons. The zero-order valence-corrected chi connectivity index (χ0v) is 30.8. The molecule has 55 heavy (non-hydrogen) atoms. The molecule has 7 atom stereocenters. The number of carbonyl (C=O) groups is 3. The third-order valence-corrected chi connectivity index (χ3v) is 10.7. The monoisotopic (exact) mass is 760 g/mol. The molecule has 3 aliphatic rings. The summed E-state index contributed by atoms with van der Waals surface area (Å²) in [5.41, 5.74) is 5.82. The van der Waals surface area contributed by atoms with E-state index < -0.39 is 54.8 Å². The van der Waals surface area contributed by atoms with Gasteiger partial charge < -0.3 is 54.5 Å². The summed E-state index contributed by atoms with van der Waals surface area (Å²) in [5, 5.41) is 47.9. The summed E-state index contributed by atoms with van der Waals surface area (Å²) >= 11 is 0. The van der Waals surface area contributed by atoms with Crippen LogP contribution < -0.4 is 15.4 Å². The van der Waals surface area contributed by atoms with Crippen molar-refractivity contribution < 1.29 is 58.2 Å². The third kappa shape index (κ3) is 8.95. The van der Waals surface area contributed by atoms with Crippen molar-refractivity contribution in [3.05, 3.63) is 96.1 Å². The number of hydrogen-bond acceptors (Lipinski definition) is 11. The minimum atomic E-state index is -1.78. The highest BCUT2D eigenvalue weighted by Crippen LogP contribution is 2.44. The van der Waals surface area contributed by atoms with Crippen LogP contribution in [0.25, 0.3) is 11.1 Å². The number of fused-ring (bicyclic) bond motifs is 3. The Kier molecular flexibility index (Phi) is 12.7. The average molecular weight is 761 g/mol. The van der Waals surface area contributed by atoms with E-state index in [1.807, 2.05) is 37.4 Å². The number of nitrogens with one attached hydrogen (secondary N) is 2. The van der Waals surface area contributed by atoms with Gasteiger partial charge in [0.2, 0.25) is 6.29 Å². The summed E-state index contributed by atoms with van der Waals surface area (Å²) < 4.78 is 22.6. The van der Waals surface area contributed by atoms with E-state index in [-0.39, 0.29) is 31.4 Å². The lowest BCUT2D eigenvalue weighted by atomic mass is 9.97. The molecule has 6 N–H and O–H groups in total. The zero-order chi connectivity index (χ0) is 39.1. The van der Waals surface area contributed by atoms with E-state index in [0.717, 1.165) is 40.7 Å². The Morgan fingerprint density at radius 1 is 0.927 bits per heavy atom. The molecule has 14 heteroatoms. The van der Waals surface area contributed by atoms with Gasteiger partial charge in [-0.05, 0) is 59.7 Å². The summed E-state index contributed by atoms with van der Waals surface area (Å²) in [6, 6.07) is 20.9. The van der Waals surface area contributed by atoms with Crippen molar-refractivity contribution in [1.29, 1.82) is 0 Å². The highest BCUT2D eigenvalue weighted by Gasteiger charge is 2.49. The maximum Gasteiger partial charge on any atom is 0.407 e. The number of hydrogen-bond donors (Lipinski definition) is 6. The number of rotatable bonds is 15. The van der Waals surface area contributed by atoms with Gasteiger partial charge in [0, 0.05) is 31.0 Å². The van der Waals surface area contributed by atoms with Crippen LogP contribution in [0.4, 0.5) is 10.5 Å². The number of nitrogens with zero attached hydrogens (tertiary/aromatic N) is 1. The second-order valence-electron chi connectivity index (χ2n) is 14.5. The molecule has 2 saturated heterocycles. The Bertz CT molecular complexity index is 1810. The van der Waals surface area contributed by atoms with Crippen LogP contribution in [0.5, 0.6) is 5.75 Å². The molecular weight excluding hydrogens is 710 g/mol. The van der Waals surface area contributed by atoms with Gasteiger partial charge >= 0.3 is 18.0 Å². The summed E-state index contributed by atoms with van der Waals surface area (Å²) in [6.07, 6.45) is -4.86. The number of aliphatic hydroxyl groups excluding tert-OH is 3. The first-order valence-electron chi connectivity index (χ1n) is 18.7. The molecule has 2 fully saturated rings. The van der Waals surface area contributed by atoms with Gasteiger partial charge in [-0.15, -0.1) is 0 Å². The highest BCUT2D eigenvalue weighted by atomic mass is 16.7. The van der Waals surface area contributed by atoms with Crippen molar-refractivity contribution in [1.82, 2.24) is 5.32 Å². The van der Waals surface area contributed by atoms with Crippen LogP contribution >= 0.6 is 0 Å². The van der Waals surface area contributed by atoms with Crippen LogP contribution in [0.15, 0.2) is 79.4 Å². The Balaban J connectivity index is 1.10. The zero-order valence-electron chi connectivity index (χ0n) is 30.8. The largest absolute Gasteiger partial charge is 0.477 e. The van der Waals surface area contributed by atoms with Crippen molar-refractivity contribution in [3.8, 4) is 16.9 Å². The molecule has 0 aromatic heterocycles. The number of ether oxygens (including phenoxy) is 4. The number of likely N-dealkylation sites (N-methyl/N-ethyl adjacent to an activating group) is 1. The third-order valence-electron chi connectivity index (χ3n) is 10.7. The first kappa shape index (κ1) is 39.7. The Morgan fingerprint density at radius 3 is 2.33 bits per heavy atom. The molecule has 14 nitrogen and oxygen atoms in total. The minimum absolute atomic E-state index is 0.0603. The van der Waals surface area contributed by atoms with E-state index in [1.165, 1.54) is 6.08 Å². The van der Waals surface area contributed by atoms with Crippen LogP contribution in [0.1, 0.15) is 48.3 Å². The van der Waals surface area contributed by atoms with Gasteiger partial charge in [-0.2, -0.15) is 0 Å². The van der Waals surface area contributed by atoms with E-state index in [1.54, 1.807) is 12.1 Å². The summed E-state index contributed by atoms with van der Waals surface area (Å²) in [5.74, 6) is -1.66. The van der Waals surface area contributed by atoms with Gasteiger partial charge in [-0.3, -0.25) is 0 Å². The van der Waals surface area contributed by atoms with Gasteiger partial charge in [-0.25, -0.2) is 14.4 Å². The van der Waals surface area contributed by atoms with Crippen molar-refractivity contribution in [2.24, 2.45) is 0 Å². The molecular formula is C41H50N3O11+. The molecule has 1 unspecified atom stereocenters. The number of aliphatic hydroxyl groups is 3. The van der Waals surface area contributed by atoms with Gasteiger partial charge in [0.25, 0.3) is 0 Å². The van der Waals surface area contributed by atoms with Crippen LogP contribution in [0, 0.1) is 0 Å². The number of piperidine rings is 1. The maximum atomic E-state index is 12.8.